The highest BCUT2D eigenvalue weighted by Gasteiger charge is 2.29. The second-order valence-corrected chi connectivity index (χ2v) is 10.4. The van der Waals surface area contributed by atoms with Crippen molar-refractivity contribution in [2.45, 2.75) is 121 Å². The highest BCUT2D eigenvalue weighted by molar-refractivity contribution is 5.35. The third kappa shape index (κ3) is 5.78. The fraction of sp³-hybridized carbons (Fsp3) is 0.724. The van der Waals surface area contributed by atoms with Gasteiger partial charge in [-0.05, 0) is 75.0 Å². The number of hydrogen-bond acceptors (Lipinski definition) is 1. The molecule has 1 heterocycles. The topological polar surface area (TPSA) is 12.0 Å². The molecule has 0 aromatic heterocycles. The lowest BCUT2D eigenvalue weighted by Crippen LogP contribution is -2.30. The molecule has 3 aliphatic rings. The van der Waals surface area contributed by atoms with E-state index in [0.29, 0.717) is 12.0 Å². The minimum absolute atomic E-state index is 0.573. The number of rotatable bonds is 8. The molecule has 2 saturated carbocycles. The summed E-state index contributed by atoms with van der Waals surface area (Å²) in [5.41, 5.74) is 4.84. The first kappa shape index (κ1) is 22.1. The fourth-order valence-electron chi connectivity index (χ4n) is 6.66. The van der Waals surface area contributed by atoms with Crippen LogP contribution in [0.3, 0.4) is 0 Å². The Hall–Kier alpha value is -1.08. The van der Waals surface area contributed by atoms with Crippen LogP contribution in [-0.4, -0.2) is 12.6 Å². The molecule has 1 saturated heterocycles. The molecule has 0 spiro atoms. The van der Waals surface area contributed by atoms with E-state index in [0.717, 1.165) is 11.8 Å². The van der Waals surface area contributed by atoms with E-state index in [1.807, 2.05) is 0 Å². The van der Waals surface area contributed by atoms with Gasteiger partial charge in [-0.3, -0.25) is 0 Å². The predicted octanol–water partition coefficient (Wildman–Crippen LogP) is 8.27. The van der Waals surface area contributed by atoms with Crippen LogP contribution in [0.4, 0.5) is 0 Å². The third-order valence-electron chi connectivity index (χ3n) is 8.45. The molecule has 0 bridgehead atoms. The van der Waals surface area contributed by atoms with Gasteiger partial charge in [-0.1, -0.05) is 93.7 Å². The smallest absolute Gasteiger partial charge is 0.0202 e. The minimum atomic E-state index is 0.573. The molecular formula is C29H45N. The summed E-state index contributed by atoms with van der Waals surface area (Å²) in [6, 6.07) is 10.6. The summed E-state index contributed by atoms with van der Waals surface area (Å²) in [5.74, 6) is 2.39. The van der Waals surface area contributed by atoms with Crippen LogP contribution in [0.25, 0.3) is 0 Å². The Morgan fingerprint density at radius 2 is 1.60 bits per heavy atom. The average Bonchev–Trinajstić information content (AvgIpc) is 3.34. The third-order valence-corrected chi connectivity index (χ3v) is 8.45. The molecular weight excluding hydrogens is 362 g/mol. The van der Waals surface area contributed by atoms with Crippen molar-refractivity contribution in [3.8, 4) is 0 Å². The normalized spacial score (nSPS) is 25.5. The van der Waals surface area contributed by atoms with Gasteiger partial charge in [-0.25, -0.2) is 0 Å². The van der Waals surface area contributed by atoms with Gasteiger partial charge in [-0.2, -0.15) is 0 Å². The molecule has 3 fully saturated rings. The summed E-state index contributed by atoms with van der Waals surface area (Å²) in [5, 5.41) is 3.85. The van der Waals surface area contributed by atoms with E-state index in [-0.39, 0.29) is 0 Å². The molecule has 0 amide bonds. The van der Waals surface area contributed by atoms with Gasteiger partial charge in [0.2, 0.25) is 0 Å². The van der Waals surface area contributed by atoms with Crippen molar-refractivity contribution >= 4 is 0 Å². The fourth-order valence-corrected chi connectivity index (χ4v) is 6.66. The second-order valence-electron chi connectivity index (χ2n) is 10.4. The van der Waals surface area contributed by atoms with Crippen LogP contribution >= 0.6 is 0 Å². The van der Waals surface area contributed by atoms with Gasteiger partial charge in [0.25, 0.3) is 0 Å². The van der Waals surface area contributed by atoms with E-state index < -0.39 is 0 Å². The standard InChI is InChI=1S/C29H45N/c1-2-24(16-9-13-23-11-5-3-6-12-23)29(28-17-10-22-30-28)27-20-18-26(19-21-27)25-14-7-4-8-15-25/h2,18-21,23,25,28-30H,3-17,22H2,1H3/b24-2+/t28?,29-/m0/s1. The van der Waals surface area contributed by atoms with Crippen molar-refractivity contribution in [2.75, 3.05) is 6.54 Å². The van der Waals surface area contributed by atoms with Crippen molar-refractivity contribution in [3.05, 3.63) is 47.0 Å². The number of nitrogens with one attached hydrogen (secondary N) is 1. The molecule has 1 N–H and O–H groups in total. The molecule has 4 rings (SSSR count). The van der Waals surface area contributed by atoms with Crippen LogP contribution in [0.2, 0.25) is 0 Å². The van der Waals surface area contributed by atoms with Gasteiger partial charge in [0, 0.05) is 12.0 Å². The van der Waals surface area contributed by atoms with Crippen LogP contribution in [-0.2, 0) is 0 Å². The number of benzene rings is 1. The summed E-state index contributed by atoms with van der Waals surface area (Å²) in [6.45, 7) is 3.48. The minimum Gasteiger partial charge on any atom is -0.313 e. The average molecular weight is 408 g/mol. The van der Waals surface area contributed by atoms with Gasteiger partial charge in [0.15, 0.2) is 0 Å². The maximum absolute atomic E-state index is 3.85. The molecule has 2 aliphatic carbocycles. The lowest BCUT2D eigenvalue weighted by atomic mass is 9.79. The van der Waals surface area contributed by atoms with Crippen LogP contribution in [0.15, 0.2) is 35.9 Å². The second kappa shape index (κ2) is 11.5. The molecule has 166 valence electrons. The first-order valence-corrected chi connectivity index (χ1v) is 13.3. The Labute approximate surface area is 186 Å². The van der Waals surface area contributed by atoms with Crippen molar-refractivity contribution in [3.63, 3.8) is 0 Å². The first-order valence-electron chi connectivity index (χ1n) is 13.3. The zero-order valence-corrected chi connectivity index (χ0v) is 19.5. The van der Waals surface area contributed by atoms with Gasteiger partial charge < -0.3 is 5.32 Å². The van der Waals surface area contributed by atoms with E-state index in [2.05, 4.69) is 42.6 Å². The lowest BCUT2D eigenvalue weighted by Gasteiger charge is -2.29. The summed E-state index contributed by atoms with van der Waals surface area (Å²) < 4.78 is 0. The van der Waals surface area contributed by atoms with E-state index in [4.69, 9.17) is 0 Å². The summed E-state index contributed by atoms with van der Waals surface area (Å²) in [4.78, 5) is 0. The molecule has 1 unspecified atom stereocenters. The van der Waals surface area contributed by atoms with Gasteiger partial charge in [0.05, 0.1) is 0 Å². The van der Waals surface area contributed by atoms with E-state index in [1.165, 1.54) is 103 Å². The highest BCUT2D eigenvalue weighted by Crippen LogP contribution is 2.38. The Balaban J connectivity index is 1.43. The van der Waals surface area contributed by atoms with E-state index in [1.54, 1.807) is 16.7 Å². The van der Waals surface area contributed by atoms with Crippen molar-refractivity contribution in [1.29, 1.82) is 0 Å². The van der Waals surface area contributed by atoms with E-state index >= 15 is 0 Å². The maximum atomic E-state index is 3.85. The van der Waals surface area contributed by atoms with Gasteiger partial charge in [-0.15, -0.1) is 0 Å². The van der Waals surface area contributed by atoms with Crippen molar-refractivity contribution in [1.82, 2.24) is 5.32 Å². The Morgan fingerprint density at radius 1 is 0.900 bits per heavy atom. The molecule has 2 atom stereocenters. The van der Waals surface area contributed by atoms with Crippen LogP contribution in [0.5, 0.6) is 0 Å². The molecule has 1 aromatic rings. The van der Waals surface area contributed by atoms with Gasteiger partial charge >= 0.3 is 0 Å². The monoisotopic (exact) mass is 407 g/mol. The number of hydrogen-bond donors (Lipinski definition) is 1. The Morgan fingerprint density at radius 3 is 2.23 bits per heavy atom. The van der Waals surface area contributed by atoms with Crippen LogP contribution in [0.1, 0.15) is 126 Å². The zero-order chi connectivity index (χ0) is 20.6. The van der Waals surface area contributed by atoms with E-state index in [9.17, 15) is 0 Å². The Bertz CT molecular complexity index is 639. The summed E-state index contributed by atoms with van der Waals surface area (Å²) in [6.07, 6.45) is 23.7. The lowest BCUT2D eigenvalue weighted by molar-refractivity contribution is 0.331. The first-order chi connectivity index (χ1) is 14.8. The maximum Gasteiger partial charge on any atom is 0.0202 e. The molecule has 1 nitrogen and oxygen atoms in total. The predicted molar refractivity (Wildman–Crippen MR) is 130 cm³/mol. The van der Waals surface area contributed by atoms with Crippen LogP contribution in [0, 0.1) is 5.92 Å². The Kier molecular flexibility index (Phi) is 8.49. The highest BCUT2D eigenvalue weighted by atomic mass is 14.9. The summed E-state index contributed by atoms with van der Waals surface area (Å²) >= 11 is 0. The largest absolute Gasteiger partial charge is 0.313 e. The number of allylic oxidation sites excluding steroid dienone is 1. The molecule has 0 radical (unpaired) electrons. The zero-order valence-electron chi connectivity index (χ0n) is 19.5. The van der Waals surface area contributed by atoms with Crippen LogP contribution < -0.4 is 5.32 Å². The molecule has 30 heavy (non-hydrogen) atoms. The van der Waals surface area contributed by atoms with Crippen molar-refractivity contribution in [2.24, 2.45) is 5.92 Å². The van der Waals surface area contributed by atoms with Crippen molar-refractivity contribution < 1.29 is 0 Å². The molecule has 1 aliphatic heterocycles. The summed E-state index contributed by atoms with van der Waals surface area (Å²) in [7, 11) is 0. The quantitative estimate of drug-likeness (QED) is 0.428. The molecule has 1 heteroatoms. The molecule has 1 aromatic carbocycles. The van der Waals surface area contributed by atoms with Gasteiger partial charge in [0.1, 0.15) is 0 Å². The SMILES string of the molecule is C/C=C(\CCCC1CCCCC1)[C@@H](c1ccc(C2CCCCC2)cc1)C1CCCN1.